The summed E-state index contributed by atoms with van der Waals surface area (Å²) in [6, 6.07) is 12.6. The van der Waals surface area contributed by atoms with E-state index in [1.807, 2.05) is 32.0 Å². The number of amides is 1. The molecule has 0 aliphatic carbocycles. The Morgan fingerprint density at radius 2 is 1.96 bits per heavy atom. The van der Waals surface area contributed by atoms with Crippen molar-refractivity contribution in [2.24, 2.45) is 0 Å². The lowest BCUT2D eigenvalue weighted by Crippen LogP contribution is -2.41. The number of benzene rings is 2. The molecule has 0 bridgehead atoms. The van der Waals surface area contributed by atoms with E-state index in [1.165, 1.54) is 0 Å². The van der Waals surface area contributed by atoms with Gasteiger partial charge in [0.1, 0.15) is 29.5 Å². The van der Waals surface area contributed by atoms with Crippen molar-refractivity contribution in [2.45, 2.75) is 31.9 Å². The number of rotatable bonds is 6. The van der Waals surface area contributed by atoms with Gasteiger partial charge in [0.15, 0.2) is 0 Å². The fourth-order valence-electron chi connectivity index (χ4n) is 3.19. The van der Waals surface area contributed by atoms with E-state index in [9.17, 15) is 4.79 Å². The Bertz CT molecular complexity index is 827. The number of carbonyl (C=O) groups excluding carboxylic acids is 1. The maximum atomic E-state index is 12.7. The third-order valence-corrected chi connectivity index (χ3v) is 4.47. The number of nitrogens with one attached hydrogen (secondary N) is 1. The predicted octanol–water partition coefficient (Wildman–Crippen LogP) is 4.29. The number of carbonyl (C=O) groups is 1. The summed E-state index contributed by atoms with van der Waals surface area (Å²) < 4.78 is 16.8. The molecule has 2 aromatic rings. The van der Waals surface area contributed by atoms with Crippen LogP contribution in [0.5, 0.6) is 17.2 Å². The summed E-state index contributed by atoms with van der Waals surface area (Å²) in [5.74, 6) is 2.04. The van der Waals surface area contributed by atoms with Crippen molar-refractivity contribution in [2.75, 3.05) is 13.7 Å². The van der Waals surface area contributed by atoms with Crippen molar-refractivity contribution in [3.8, 4) is 17.2 Å². The molecule has 0 aromatic heterocycles. The summed E-state index contributed by atoms with van der Waals surface area (Å²) in [6.07, 6.45) is 2.36. The van der Waals surface area contributed by atoms with E-state index in [0.717, 1.165) is 17.1 Å². The number of hydrogen-bond donors (Lipinski definition) is 1. The van der Waals surface area contributed by atoms with Gasteiger partial charge in [0, 0.05) is 23.6 Å². The fraction of sp³-hybridized carbons (Fsp3) is 0.318. The Morgan fingerprint density at radius 3 is 2.63 bits per heavy atom. The standard InChI is InChI=1S/C22H25NO4/c1-5-12-26-16-8-6-15(7-9-16)21(24)23-19-14-22(2,3)27-20-13-17(25-4)10-11-18(19)20/h5-11,13,19H,1,12,14H2,2-4H3,(H,23,24)/t19-/m0/s1. The molecule has 0 saturated heterocycles. The smallest absolute Gasteiger partial charge is 0.251 e. The quantitative estimate of drug-likeness (QED) is 0.774. The van der Waals surface area contributed by atoms with Gasteiger partial charge in [0.2, 0.25) is 0 Å². The highest BCUT2D eigenvalue weighted by Gasteiger charge is 2.35. The summed E-state index contributed by atoms with van der Waals surface area (Å²) in [5, 5.41) is 3.13. The predicted molar refractivity (Wildman–Crippen MR) is 105 cm³/mol. The number of fused-ring (bicyclic) bond motifs is 1. The van der Waals surface area contributed by atoms with Crippen LogP contribution in [0.2, 0.25) is 0 Å². The molecule has 5 heteroatoms. The van der Waals surface area contributed by atoms with Crippen molar-refractivity contribution in [1.82, 2.24) is 5.32 Å². The second-order valence-electron chi connectivity index (χ2n) is 7.12. The summed E-state index contributed by atoms with van der Waals surface area (Å²) in [6.45, 7) is 8.08. The van der Waals surface area contributed by atoms with Gasteiger partial charge in [-0.15, -0.1) is 0 Å². The minimum Gasteiger partial charge on any atom is -0.497 e. The van der Waals surface area contributed by atoms with Gasteiger partial charge in [-0.3, -0.25) is 4.79 Å². The van der Waals surface area contributed by atoms with E-state index in [1.54, 1.807) is 37.5 Å². The second-order valence-corrected chi connectivity index (χ2v) is 7.12. The molecule has 0 radical (unpaired) electrons. The van der Waals surface area contributed by atoms with E-state index in [-0.39, 0.29) is 17.6 Å². The Morgan fingerprint density at radius 1 is 1.26 bits per heavy atom. The van der Waals surface area contributed by atoms with Gasteiger partial charge in [-0.1, -0.05) is 12.7 Å². The molecule has 27 heavy (non-hydrogen) atoms. The first-order valence-electron chi connectivity index (χ1n) is 8.93. The summed E-state index contributed by atoms with van der Waals surface area (Å²) in [4.78, 5) is 12.7. The molecule has 1 aliphatic rings. The molecular formula is C22H25NO4. The second kappa shape index (κ2) is 7.74. The van der Waals surface area contributed by atoms with Crippen LogP contribution in [0.25, 0.3) is 0 Å². The molecule has 1 aliphatic heterocycles. The average Bonchev–Trinajstić information content (AvgIpc) is 2.65. The molecule has 142 valence electrons. The highest BCUT2D eigenvalue weighted by Crippen LogP contribution is 2.41. The van der Waals surface area contributed by atoms with Gasteiger partial charge in [-0.05, 0) is 50.2 Å². The van der Waals surface area contributed by atoms with Gasteiger partial charge in [-0.2, -0.15) is 0 Å². The first-order chi connectivity index (χ1) is 12.9. The van der Waals surface area contributed by atoms with Crippen LogP contribution in [0, 0.1) is 0 Å². The van der Waals surface area contributed by atoms with Crippen molar-refractivity contribution >= 4 is 5.91 Å². The lowest BCUT2D eigenvalue weighted by molar-refractivity contribution is 0.0617. The third-order valence-electron chi connectivity index (χ3n) is 4.47. The van der Waals surface area contributed by atoms with Gasteiger partial charge in [0.25, 0.3) is 5.91 Å². The van der Waals surface area contributed by atoms with Crippen LogP contribution in [0.15, 0.2) is 55.1 Å². The highest BCUT2D eigenvalue weighted by molar-refractivity contribution is 5.94. The first-order valence-corrected chi connectivity index (χ1v) is 8.93. The van der Waals surface area contributed by atoms with E-state index in [0.29, 0.717) is 24.3 Å². The van der Waals surface area contributed by atoms with Crippen molar-refractivity contribution in [1.29, 1.82) is 0 Å². The Labute approximate surface area is 159 Å². The molecule has 0 saturated carbocycles. The molecule has 1 atom stereocenters. The Balaban J connectivity index is 1.78. The number of hydrogen-bond acceptors (Lipinski definition) is 4. The van der Waals surface area contributed by atoms with Crippen LogP contribution < -0.4 is 19.5 Å². The fourth-order valence-corrected chi connectivity index (χ4v) is 3.19. The Hall–Kier alpha value is -2.95. The molecule has 0 spiro atoms. The summed E-state index contributed by atoms with van der Waals surface area (Å²) in [5.41, 5.74) is 1.15. The van der Waals surface area contributed by atoms with Crippen molar-refractivity contribution < 1.29 is 19.0 Å². The van der Waals surface area contributed by atoms with Crippen molar-refractivity contribution in [3.05, 3.63) is 66.2 Å². The largest absolute Gasteiger partial charge is 0.497 e. The molecule has 1 heterocycles. The van der Waals surface area contributed by atoms with E-state index < -0.39 is 0 Å². The molecule has 0 fully saturated rings. The topological polar surface area (TPSA) is 56.8 Å². The molecule has 0 unspecified atom stereocenters. The summed E-state index contributed by atoms with van der Waals surface area (Å²) >= 11 is 0. The van der Waals surface area contributed by atoms with Crippen LogP contribution in [0.1, 0.15) is 42.2 Å². The molecule has 1 N–H and O–H groups in total. The average molecular weight is 367 g/mol. The maximum absolute atomic E-state index is 12.7. The molecule has 2 aromatic carbocycles. The zero-order valence-corrected chi connectivity index (χ0v) is 16.0. The normalized spacial score (nSPS) is 17.2. The number of methoxy groups -OCH3 is 1. The summed E-state index contributed by atoms with van der Waals surface area (Å²) in [7, 11) is 1.62. The lowest BCUT2D eigenvalue weighted by atomic mass is 9.89. The van der Waals surface area contributed by atoms with Crippen molar-refractivity contribution in [3.63, 3.8) is 0 Å². The molecule has 5 nitrogen and oxygen atoms in total. The lowest BCUT2D eigenvalue weighted by Gasteiger charge is -2.38. The molecule has 3 rings (SSSR count). The van der Waals surface area contributed by atoms with E-state index >= 15 is 0 Å². The van der Waals surface area contributed by atoms with Gasteiger partial charge < -0.3 is 19.5 Å². The van der Waals surface area contributed by atoms with Gasteiger partial charge in [0.05, 0.1) is 13.2 Å². The minimum absolute atomic E-state index is 0.130. The van der Waals surface area contributed by atoms with Crippen LogP contribution in [0.3, 0.4) is 0 Å². The van der Waals surface area contributed by atoms with E-state index in [2.05, 4.69) is 11.9 Å². The van der Waals surface area contributed by atoms with Crippen LogP contribution in [-0.2, 0) is 0 Å². The van der Waals surface area contributed by atoms with Crippen LogP contribution in [0.4, 0.5) is 0 Å². The van der Waals surface area contributed by atoms with Gasteiger partial charge in [-0.25, -0.2) is 0 Å². The van der Waals surface area contributed by atoms with Crippen LogP contribution in [-0.4, -0.2) is 25.2 Å². The van der Waals surface area contributed by atoms with E-state index in [4.69, 9.17) is 14.2 Å². The minimum atomic E-state index is -0.389. The molecular weight excluding hydrogens is 342 g/mol. The molecule has 1 amide bonds. The number of ether oxygens (including phenoxy) is 3. The SMILES string of the molecule is C=CCOc1ccc(C(=O)N[C@H]2CC(C)(C)Oc3cc(OC)ccc32)cc1. The highest BCUT2D eigenvalue weighted by atomic mass is 16.5. The monoisotopic (exact) mass is 367 g/mol. The Kier molecular flexibility index (Phi) is 5.40. The third kappa shape index (κ3) is 4.42. The zero-order valence-electron chi connectivity index (χ0n) is 16.0. The first kappa shape index (κ1) is 18.8. The maximum Gasteiger partial charge on any atom is 0.251 e. The zero-order chi connectivity index (χ0) is 19.4. The van der Waals surface area contributed by atoms with Gasteiger partial charge >= 0.3 is 0 Å². The van der Waals surface area contributed by atoms with Crippen LogP contribution >= 0.6 is 0 Å².